The summed E-state index contributed by atoms with van der Waals surface area (Å²) in [7, 11) is 0. The molecule has 0 aliphatic carbocycles. The summed E-state index contributed by atoms with van der Waals surface area (Å²) in [5, 5.41) is 15.3. The molecule has 0 aliphatic rings. The van der Waals surface area contributed by atoms with Gasteiger partial charge in [-0.1, -0.05) is 23.7 Å². The van der Waals surface area contributed by atoms with E-state index in [2.05, 4.69) is 10.1 Å². The molecule has 0 radical (unpaired) electrons. The van der Waals surface area contributed by atoms with Gasteiger partial charge in [-0.2, -0.15) is 5.10 Å². The third kappa shape index (κ3) is 2.09. The second-order valence-electron chi connectivity index (χ2n) is 4.42. The molecule has 0 saturated carbocycles. The Morgan fingerprint density at radius 1 is 1.32 bits per heavy atom. The molecule has 0 fully saturated rings. The monoisotopic (exact) mass is 273 g/mol. The lowest BCUT2D eigenvalue weighted by Crippen LogP contribution is -2.00. The standard InChI is InChI=1S/C14H12ClN3O/c1-9-2-3-10(6-12(9)15)14(19)11-7-17-18-5-4-16-8-13(11)18/h2-8,14,19H,1H3. The van der Waals surface area contributed by atoms with Crippen molar-refractivity contribution < 1.29 is 5.11 Å². The van der Waals surface area contributed by atoms with Gasteiger partial charge in [0.15, 0.2) is 0 Å². The van der Waals surface area contributed by atoms with Crippen LogP contribution in [0.25, 0.3) is 5.52 Å². The molecule has 1 unspecified atom stereocenters. The van der Waals surface area contributed by atoms with Gasteiger partial charge in [-0.15, -0.1) is 0 Å². The summed E-state index contributed by atoms with van der Waals surface area (Å²) in [5.41, 5.74) is 3.23. The highest BCUT2D eigenvalue weighted by molar-refractivity contribution is 6.31. The number of aryl methyl sites for hydroxylation is 1. The van der Waals surface area contributed by atoms with Crippen LogP contribution in [0.1, 0.15) is 22.8 Å². The molecule has 0 spiro atoms. The van der Waals surface area contributed by atoms with Gasteiger partial charge in [-0.05, 0) is 24.1 Å². The first kappa shape index (κ1) is 12.1. The van der Waals surface area contributed by atoms with Crippen LogP contribution in [0.2, 0.25) is 5.02 Å². The predicted molar refractivity (Wildman–Crippen MR) is 73.2 cm³/mol. The topological polar surface area (TPSA) is 50.4 Å². The Kier molecular flexibility index (Phi) is 2.97. The number of halogens is 1. The first-order chi connectivity index (χ1) is 9.16. The zero-order valence-corrected chi connectivity index (χ0v) is 11.0. The Labute approximate surface area is 115 Å². The second-order valence-corrected chi connectivity index (χ2v) is 4.82. The zero-order chi connectivity index (χ0) is 13.4. The fourth-order valence-electron chi connectivity index (χ4n) is 2.02. The average Bonchev–Trinajstić information content (AvgIpc) is 2.85. The summed E-state index contributed by atoms with van der Waals surface area (Å²) in [5.74, 6) is 0. The smallest absolute Gasteiger partial charge is 0.108 e. The first-order valence-electron chi connectivity index (χ1n) is 5.88. The highest BCUT2D eigenvalue weighted by atomic mass is 35.5. The quantitative estimate of drug-likeness (QED) is 0.781. The Morgan fingerprint density at radius 2 is 2.16 bits per heavy atom. The molecule has 5 heteroatoms. The van der Waals surface area contributed by atoms with Gasteiger partial charge in [0.25, 0.3) is 0 Å². The lowest BCUT2D eigenvalue weighted by Gasteiger charge is -2.11. The Bertz CT molecular complexity index is 738. The van der Waals surface area contributed by atoms with Crippen LogP contribution in [-0.2, 0) is 0 Å². The van der Waals surface area contributed by atoms with Crippen molar-refractivity contribution in [2.75, 3.05) is 0 Å². The summed E-state index contributed by atoms with van der Waals surface area (Å²) in [4.78, 5) is 4.06. The normalized spacial score (nSPS) is 12.8. The Hall–Kier alpha value is -1.91. The molecule has 19 heavy (non-hydrogen) atoms. The summed E-state index contributed by atoms with van der Waals surface area (Å²) >= 11 is 6.09. The molecule has 3 aromatic rings. The largest absolute Gasteiger partial charge is 0.384 e. The SMILES string of the molecule is Cc1ccc(C(O)c2cnn3ccncc23)cc1Cl. The molecule has 4 nitrogen and oxygen atoms in total. The van der Waals surface area contributed by atoms with E-state index in [0.29, 0.717) is 10.6 Å². The van der Waals surface area contributed by atoms with Crippen molar-refractivity contribution in [3.05, 3.63) is 64.7 Å². The summed E-state index contributed by atoms with van der Waals surface area (Å²) in [6.45, 7) is 1.93. The molecule has 0 aliphatic heterocycles. The lowest BCUT2D eigenvalue weighted by atomic mass is 10.0. The van der Waals surface area contributed by atoms with Gasteiger partial charge < -0.3 is 5.11 Å². The number of rotatable bonds is 2. The predicted octanol–water partition coefficient (Wildman–Crippen LogP) is 2.77. The highest BCUT2D eigenvalue weighted by Gasteiger charge is 2.16. The van der Waals surface area contributed by atoms with Gasteiger partial charge in [-0.25, -0.2) is 4.52 Å². The molecular weight excluding hydrogens is 262 g/mol. The van der Waals surface area contributed by atoms with Crippen LogP contribution in [0.4, 0.5) is 0 Å². The van der Waals surface area contributed by atoms with Crippen LogP contribution in [0, 0.1) is 6.92 Å². The van der Waals surface area contributed by atoms with Crippen molar-refractivity contribution in [3.63, 3.8) is 0 Å². The van der Waals surface area contributed by atoms with Gasteiger partial charge in [0, 0.05) is 23.0 Å². The third-order valence-corrected chi connectivity index (χ3v) is 3.57. The van der Waals surface area contributed by atoms with E-state index < -0.39 is 6.10 Å². The minimum absolute atomic E-state index is 0.645. The minimum Gasteiger partial charge on any atom is -0.384 e. The van der Waals surface area contributed by atoms with Gasteiger partial charge in [0.1, 0.15) is 6.10 Å². The van der Waals surface area contributed by atoms with Crippen LogP contribution in [0.5, 0.6) is 0 Å². The average molecular weight is 274 g/mol. The maximum Gasteiger partial charge on any atom is 0.108 e. The summed E-state index contributed by atoms with van der Waals surface area (Å²) in [6.07, 6.45) is 5.96. The van der Waals surface area contributed by atoms with Crippen molar-refractivity contribution in [3.8, 4) is 0 Å². The molecule has 0 saturated heterocycles. The molecule has 2 aromatic heterocycles. The number of hydrogen-bond acceptors (Lipinski definition) is 3. The van der Waals surface area contributed by atoms with Gasteiger partial charge in [0.05, 0.1) is 17.9 Å². The van der Waals surface area contributed by atoms with Crippen molar-refractivity contribution in [2.24, 2.45) is 0 Å². The van der Waals surface area contributed by atoms with Crippen LogP contribution in [-0.4, -0.2) is 19.7 Å². The van der Waals surface area contributed by atoms with E-state index >= 15 is 0 Å². The Balaban J connectivity index is 2.08. The van der Waals surface area contributed by atoms with E-state index in [9.17, 15) is 5.11 Å². The molecule has 1 aromatic carbocycles. The number of nitrogens with zero attached hydrogens (tertiary/aromatic N) is 3. The van der Waals surface area contributed by atoms with Crippen molar-refractivity contribution >= 4 is 17.1 Å². The molecular formula is C14H12ClN3O. The van der Waals surface area contributed by atoms with Crippen LogP contribution in [0.3, 0.4) is 0 Å². The van der Waals surface area contributed by atoms with Crippen LogP contribution >= 0.6 is 11.6 Å². The van der Waals surface area contributed by atoms with Gasteiger partial charge >= 0.3 is 0 Å². The summed E-state index contributed by atoms with van der Waals surface area (Å²) < 4.78 is 1.68. The molecule has 0 amide bonds. The highest BCUT2D eigenvalue weighted by Crippen LogP contribution is 2.28. The van der Waals surface area contributed by atoms with E-state index in [4.69, 9.17) is 11.6 Å². The maximum absolute atomic E-state index is 10.5. The van der Waals surface area contributed by atoms with E-state index in [1.807, 2.05) is 19.1 Å². The van der Waals surface area contributed by atoms with E-state index in [0.717, 1.165) is 16.6 Å². The number of aliphatic hydroxyl groups excluding tert-OH is 1. The van der Waals surface area contributed by atoms with E-state index in [1.54, 1.807) is 35.4 Å². The van der Waals surface area contributed by atoms with Gasteiger partial charge in [-0.3, -0.25) is 4.98 Å². The first-order valence-corrected chi connectivity index (χ1v) is 6.26. The lowest BCUT2D eigenvalue weighted by molar-refractivity contribution is 0.222. The number of aliphatic hydroxyl groups is 1. The van der Waals surface area contributed by atoms with Crippen molar-refractivity contribution in [1.29, 1.82) is 0 Å². The molecule has 2 heterocycles. The van der Waals surface area contributed by atoms with E-state index in [1.165, 1.54) is 0 Å². The molecule has 1 N–H and O–H groups in total. The fraction of sp³-hybridized carbons (Fsp3) is 0.143. The van der Waals surface area contributed by atoms with Crippen LogP contribution < -0.4 is 0 Å². The van der Waals surface area contributed by atoms with Crippen LogP contribution in [0.15, 0.2) is 43.0 Å². The Morgan fingerprint density at radius 3 is 2.95 bits per heavy atom. The molecule has 1 atom stereocenters. The minimum atomic E-state index is -0.764. The molecule has 0 bridgehead atoms. The van der Waals surface area contributed by atoms with E-state index in [-0.39, 0.29) is 0 Å². The molecule has 96 valence electrons. The van der Waals surface area contributed by atoms with Gasteiger partial charge in [0.2, 0.25) is 0 Å². The number of benzene rings is 1. The van der Waals surface area contributed by atoms with Crippen molar-refractivity contribution in [2.45, 2.75) is 13.0 Å². The fourth-order valence-corrected chi connectivity index (χ4v) is 2.21. The zero-order valence-electron chi connectivity index (χ0n) is 10.3. The summed E-state index contributed by atoms with van der Waals surface area (Å²) in [6, 6.07) is 5.54. The second kappa shape index (κ2) is 4.64. The number of fused-ring (bicyclic) bond motifs is 1. The van der Waals surface area contributed by atoms with Crippen molar-refractivity contribution in [1.82, 2.24) is 14.6 Å². The molecule has 3 rings (SSSR count). The number of aromatic nitrogens is 3. The number of hydrogen-bond donors (Lipinski definition) is 1. The third-order valence-electron chi connectivity index (χ3n) is 3.16. The maximum atomic E-state index is 10.5.